The Morgan fingerprint density at radius 2 is 1.38 bits per heavy atom. The van der Waals surface area contributed by atoms with E-state index in [-0.39, 0.29) is 55.4 Å². The normalized spacial score (nSPS) is 8.52. The van der Waals surface area contributed by atoms with Gasteiger partial charge >= 0.3 is 0 Å². The van der Waals surface area contributed by atoms with Crippen molar-refractivity contribution in [3.63, 3.8) is 0 Å². The molecule has 0 radical (unpaired) electrons. The van der Waals surface area contributed by atoms with Gasteiger partial charge in [0.2, 0.25) is 5.91 Å². The van der Waals surface area contributed by atoms with Crippen molar-refractivity contribution in [2.45, 2.75) is 42.5 Å². The highest BCUT2D eigenvalue weighted by molar-refractivity contribution is 5.77. The van der Waals surface area contributed by atoms with Crippen molar-refractivity contribution in [2.75, 3.05) is 53.2 Å². The molecule has 0 fully saturated rings. The van der Waals surface area contributed by atoms with Crippen molar-refractivity contribution >= 4 is 5.91 Å². The number of hydrogen-bond donors (Lipinski definition) is 2. The molecule has 0 unspecified atom stereocenters. The van der Waals surface area contributed by atoms with Gasteiger partial charge in [0.15, 0.2) is 0 Å². The molecule has 0 aromatic carbocycles. The van der Waals surface area contributed by atoms with E-state index in [2.05, 4.69) is 0 Å². The summed E-state index contributed by atoms with van der Waals surface area (Å²) < 4.78 is 10.3. The SMILES string of the molecule is C.C.C.C.CN(CCOCCCO)C(=O)COCCCO. The molecule has 0 saturated carbocycles. The number of hydrogen-bond acceptors (Lipinski definition) is 5. The minimum Gasteiger partial charge on any atom is -0.396 e. The van der Waals surface area contributed by atoms with Crippen LogP contribution >= 0.6 is 0 Å². The van der Waals surface area contributed by atoms with Gasteiger partial charge in [-0.1, -0.05) is 29.7 Å². The third kappa shape index (κ3) is 21.8. The smallest absolute Gasteiger partial charge is 0.248 e. The first-order valence-electron chi connectivity index (χ1n) is 5.83. The Hall–Kier alpha value is -0.690. The second-order valence-corrected chi connectivity index (χ2v) is 3.63. The Kier molecular flexibility index (Phi) is 37.4. The van der Waals surface area contributed by atoms with E-state index < -0.39 is 0 Å². The molecule has 1 amide bonds. The van der Waals surface area contributed by atoms with E-state index in [0.717, 1.165) is 0 Å². The molecule has 134 valence electrons. The van der Waals surface area contributed by atoms with Crippen LogP contribution in [0.15, 0.2) is 0 Å². The first-order chi connectivity index (χ1) is 8.22. The molecule has 2 N–H and O–H groups in total. The highest BCUT2D eigenvalue weighted by Gasteiger charge is 2.07. The molecule has 0 aliphatic heterocycles. The summed E-state index contributed by atoms with van der Waals surface area (Å²) in [5.74, 6) is -0.103. The van der Waals surface area contributed by atoms with E-state index in [1.807, 2.05) is 0 Å². The number of rotatable bonds is 11. The van der Waals surface area contributed by atoms with Gasteiger partial charge in [0.25, 0.3) is 0 Å². The van der Waals surface area contributed by atoms with Gasteiger partial charge in [0.1, 0.15) is 6.61 Å². The molecule has 0 saturated heterocycles. The highest BCUT2D eigenvalue weighted by atomic mass is 16.5. The fourth-order valence-electron chi connectivity index (χ4n) is 1.03. The van der Waals surface area contributed by atoms with Gasteiger partial charge in [-0.15, -0.1) is 0 Å². The molecule has 0 rings (SSSR count). The largest absolute Gasteiger partial charge is 0.396 e. The molecule has 0 bridgehead atoms. The van der Waals surface area contributed by atoms with Crippen LogP contribution in [0.4, 0.5) is 0 Å². The quantitative estimate of drug-likeness (QED) is 0.569. The molecule has 0 spiro atoms. The zero-order valence-corrected chi connectivity index (χ0v) is 10.4. The molecular weight excluding hydrogens is 274 g/mol. The lowest BCUT2D eigenvalue weighted by molar-refractivity contribution is -0.135. The lowest BCUT2D eigenvalue weighted by atomic mass is 10.5. The van der Waals surface area contributed by atoms with E-state index in [1.54, 1.807) is 7.05 Å². The summed E-state index contributed by atoms with van der Waals surface area (Å²) in [5, 5.41) is 17.0. The van der Waals surface area contributed by atoms with Crippen LogP contribution in [0.5, 0.6) is 0 Å². The van der Waals surface area contributed by atoms with Crippen LogP contribution in [-0.4, -0.2) is 74.3 Å². The van der Waals surface area contributed by atoms with Crippen molar-refractivity contribution in [2.24, 2.45) is 0 Å². The summed E-state index contributed by atoms with van der Waals surface area (Å²) in [4.78, 5) is 13.0. The molecule has 0 heterocycles. The van der Waals surface area contributed by atoms with Gasteiger partial charge in [-0.2, -0.15) is 0 Å². The summed E-state index contributed by atoms with van der Waals surface area (Å²) in [6, 6.07) is 0. The number of carbonyl (C=O) groups excluding carboxylic acids is 1. The lowest BCUT2D eigenvalue weighted by Crippen LogP contribution is -2.33. The number of aliphatic hydroxyl groups excluding tert-OH is 2. The van der Waals surface area contributed by atoms with E-state index in [0.29, 0.717) is 39.2 Å². The predicted octanol–water partition coefficient (Wildman–Crippen LogP) is 1.79. The molecule has 21 heavy (non-hydrogen) atoms. The van der Waals surface area contributed by atoms with Gasteiger partial charge in [-0.25, -0.2) is 0 Å². The summed E-state index contributed by atoms with van der Waals surface area (Å²) in [7, 11) is 1.69. The van der Waals surface area contributed by atoms with Crippen molar-refractivity contribution in [3.8, 4) is 0 Å². The van der Waals surface area contributed by atoms with Crippen molar-refractivity contribution < 1.29 is 24.5 Å². The number of likely N-dealkylation sites (N-methyl/N-ethyl adjacent to an activating group) is 1. The minimum absolute atomic E-state index is 0. The van der Waals surface area contributed by atoms with Gasteiger partial charge in [-0.3, -0.25) is 4.79 Å². The van der Waals surface area contributed by atoms with Crippen molar-refractivity contribution in [1.82, 2.24) is 4.90 Å². The summed E-state index contributed by atoms with van der Waals surface area (Å²) in [6.07, 6.45) is 1.16. The lowest BCUT2D eigenvalue weighted by Gasteiger charge is -2.17. The van der Waals surface area contributed by atoms with Crippen molar-refractivity contribution in [3.05, 3.63) is 0 Å². The maximum atomic E-state index is 11.5. The highest BCUT2D eigenvalue weighted by Crippen LogP contribution is 1.90. The van der Waals surface area contributed by atoms with Crippen LogP contribution in [0.1, 0.15) is 42.5 Å². The number of aliphatic hydroxyl groups is 2. The Morgan fingerprint density at radius 3 is 1.86 bits per heavy atom. The van der Waals surface area contributed by atoms with Crippen LogP contribution in [0.2, 0.25) is 0 Å². The number of nitrogens with zero attached hydrogens (tertiary/aromatic N) is 1. The van der Waals surface area contributed by atoms with Gasteiger partial charge < -0.3 is 24.6 Å². The second kappa shape index (κ2) is 24.3. The Balaban J connectivity index is -0.000000213. The third-order valence-corrected chi connectivity index (χ3v) is 2.12. The molecule has 0 aromatic rings. The van der Waals surface area contributed by atoms with Gasteiger partial charge in [0.05, 0.1) is 6.61 Å². The Bertz CT molecular complexity index is 191. The first kappa shape index (κ1) is 32.3. The average Bonchev–Trinajstić information content (AvgIpc) is 2.34. The maximum absolute atomic E-state index is 11.5. The molecule has 6 nitrogen and oxygen atoms in total. The number of amides is 1. The topological polar surface area (TPSA) is 79.2 Å². The van der Waals surface area contributed by atoms with E-state index in [1.165, 1.54) is 4.90 Å². The maximum Gasteiger partial charge on any atom is 0.248 e. The second-order valence-electron chi connectivity index (χ2n) is 3.63. The predicted molar refractivity (Wildman–Crippen MR) is 89.6 cm³/mol. The van der Waals surface area contributed by atoms with Gasteiger partial charge in [-0.05, 0) is 12.8 Å². The molecule has 6 heteroatoms. The first-order valence-corrected chi connectivity index (χ1v) is 5.83. The zero-order valence-electron chi connectivity index (χ0n) is 10.4. The van der Waals surface area contributed by atoms with Crippen LogP contribution in [0.25, 0.3) is 0 Å². The van der Waals surface area contributed by atoms with Crippen LogP contribution in [0.3, 0.4) is 0 Å². The minimum atomic E-state index is -0.103. The Labute approximate surface area is 132 Å². The Morgan fingerprint density at radius 1 is 0.905 bits per heavy atom. The van der Waals surface area contributed by atoms with Crippen LogP contribution in [0, 0.1) is 0 Å². The fraction of sp³-hybridized carbons (Fsp3) is 0.933. The summed E-state index contributed by atoms with van der Waals surface area (Å²) >= 11 is 0. The number of carbonyl (C=O) groups is 1. The summed E-state index contributed by atoms with van der Waals surface area (Å²) in [6.45, 7) is 2.09. The average molecular weight is 313 g/mol. The third-order valence-electron chi connectivity index (χ3n) is 2.12. The van der Waals surface area contributed by atoms with Crippen LogP contribution < -0.4 is 0 Å². The monoisotopic (exact) mass is 313 g/mol. The van der Waals surface area contributed by atoms with E-state index in [9.17, 15) is 4.79 Å². The number of ether oxygens (including phenoxy) is 2. The van der Waals surface area contributed by atoms with E-state index >= 15 is 0 Å². The standard InChI is InChI=1S/C11H23NO5.4CH4/c1-12(4-9-16-7-2-5-13)11(15)10-17-8-3-6-14;;;;/h13-14H,2-10H2,1H3;4*1H4. The molecule has 0 aliphatic rings. The molecule has 0 aromatic heterocycles. The zero-order chi connectivity index (χ0) is 12.9. The van der Waals surface area contributed by atoms with Gasteiger partial charge in [0, 0.05) is 40.0 Å². The van der Waals surface area contributed by atoms with E-state index in [4.69, 9.17) is 19.7 Å². The molecule has 0 atom stereocenters. The van der Waals surface area contributed by atoms with Crippen molar-refractivity contribution in [1.29, 1.82) is 0 Å². The molecular formula is C15H39NO5. The fourth-order valence-corrected chi connectivity index (χ4v) is 1.03. The molecule has 0 aliphatic carbocycles. The summed E-state index contributed by atoms with van der Waals surface area (Å²) in [5.41, 5.74) is 0. The van der Waals surface area contributed by atoms with Crippen LogP contribution in [-0.2, 0) is 14.3 Å².